The van der Waals surface area contributed by atoms with Crippen molar-refractivity contribution in [3.63, 3.8) is 0 Å². The summed E-state index contributed by atoms with van der Waals surface area (Å²) in [6.07, 6.45) is 5.29. The topological polar surface area (TPSA) is 12.5 Å². The summed E-state index contributed by atoms with van der Waals surface area (Å²) in [5.41, 5.74) is 1.29. The molecular weight excluding hydrogens is 246 g/mol. The molecular formula is C15H22ClNO. The predicted molar refractivity (Wildman–Crippen MR) is 76.2 cm³/mol. The third-order valence-corrected chi connectivity index (χ3v) is 3.87. The van der Waals surface area contributed by atoms with Gasteiger partial charge in [-0.3, -0.25) is 0 Å². The molecule has 3 heteroatoms. The number of benzene rings is 1. The van der Waals surface area contributed by atoms with E-state index in [-0.39, 0.29) is 6.10 Å². The molecule has 2 rings (SSSR count). The zero-order chi connectivity index (χ0) is 12.8. The van der Waals surface area contributed by atoms with Crippen LogP contribution in [-0.4, -0.2) is 37.7 Å². The van der Waals surface area contributed by atoms with Gasteiger partial charge in [0.05, 0.1) is 6.10 Å². The Labute approximate surface area is 115 Å². The van der Waals surface area contributed by atoms with Crippen LogP contribution in [0.15, 0.2) is 24.3 Å². The molecule has 1 aromatic rings. The Bertz CT molecular complexity index is 346. The Balaban J connectivity index is 1.86. The molecule has 0 saturated carbocycles. The third kappa shape index (κ3) is 4.27. The lowest BCUT2D eigenvalue weighted by atomic mass is 10.1. The van der Waals surface area contributed by atoms with Crippen LogP contribution >= 0.6 is 11.6 Å². The van der Waals surface area contributed by atoms with E-state index < -0.39 is 0 Å². The number of methoxy groups -OCH3 is 1. The van der Waals surface area contributed by atoms with Crippen LogP contribution in [0.5, 0.6) is 0 Å². The average Bonchev–Trinajstić information content (AvgIpc) is 2.41. The highest BCUT2D eigenvalue weighted by Crippen LogP contribution is 2.14. The zero-order valence-corrected chi connectivity index (χ0v) is 11.8. The van der Waals surface area contributed by atoms with Gasteiger partial charge in [0.1, 0.15) is 0 Å². The first-order valence-electron chi connectivity index (χ1n) is 6.77. The monoisotopic (exact) mass is 267 g/mol. The lowest BCUT2D eigenvalue weighted by Gasteiger charge is -2.29. The van der Waals surface area contributed by atoms with Gasteiger partial charge in [0, 0.05) is 18.7 Å². The second-order valence-electron chi connectivity index (χ2n) is 5.05. The SMILES string of the molecule is COC(Cc1ccc(Cl)cc1)CN1CCCCC1. The van der Waals surface area contributed by atoms with Crippen molar-refractivity contribution in [2.45, 2.75) is 31.8 Å². The standard InChI is InChI=1S/C15H22ClNO/c1-18-15(12-17-9-3-2-4-10-17)11-13-5-7-14(16)8-6-13/h5-8,15H,2-4,9-12H2,1H3. The van der Waals surface area contributed by atoms with E-state index in [2.05, 4.69) is 17.0 Å². The number of rotatable bonds is 5. The van der Waals surface area contributed by atoms with E-state index in [0.29, 0.717) is 0 Å². The lowest BCUT2D eigenvalue weighted by Crippen LogP contribution is -2.38. The molecule has 1 aliphatic rings. The highest BCUT2D eigenvalue weighted by atomic mass is 35.5. The molecule has 1 aliphatic heterocycles. The van der Waals surface area contributed by atoms with Gasteiger partial charge in [-0.1, -0.05) is 30.2 Å². The van der Waals surface area contributed by atoms with Gasteiger partial charge in [0.25, 0.3) is 0 Å². The first-order valence-corrected chi connectivity index (χ1v) is 7.15. The molecule has 1 heterocycles. The predicted octanol–water partition coefficient (Wildman–Crippen LogP) is 3.38. The van der Waals surface area contributed by atoms with E-state index in [1.165, 1.54) is 37.9 Å². The summed E-state index contributed by atoms with van der Waals surface area (Å²) in [5, 5.41) is 0.795. The minimum atomic E-state index is 0.282. The van der Waals surface area contributed by atoms with Crippen LogP contribution in [0.4, 0.5) is 0 Å². The molecule has 1 atom stereocenters. The van der Waals surface area contributed by atoms with Crippen LogP contribution in [0.3, 0.4) is 0 Å². The molecule has 1 unspecified atom stereocenters. The van der Waals surface area contributed by atoms with Gasteiger partial charge in [0.2, 0.25) is 0 Å². The first kappa shape index (κ1) is 13.9. The number of piperidine rings is 1. The Morgan fingerprint density at radius 3 is 2.44 bits per heavy atom. The summed E-state index contributed by atoms with van der Waals surface area (Å²) in [6.45, 7) is 3.49. The van der Waals surface area contributed by atoms with Crippen molar-refractivity contribution < 1.29 is 4.74 Å². The molecule has 18 heavy (non-hydrogen) atoms. The molecule has 0 radical (unpaired) electrons. The first-order chi connectivity index (χ1) is 8.78. The summed E-state index contributed by atoms with van der Waals surface area (Å²) >= 11 is 5.90. The second kappa shape index (κ2) is 7.13. The van der Waals surface area contributed by atoms with Crippen molar-refractivity contribution in [2.24, 2.45) is 0 Å². The maximum Gasteiger partial charge on any atom is 0.0738 e. The normalized spacial score (nSPS) is 18.8. The molecule has 0 spiro atoms. The quantitative estimate of drug-likeness (QED) is 0.811. The van der Waals surface area contributed by atoms with Gasteiger partial charge in [-0.25, -0.2) is 0 Å². The summed E-state index contributed by atoms with van der Waals surface area (Å²) in [7, 11) is 1.81. The third-order valence-electron chi connectivity index (χ3n) is 3.62. The molecule has 0 N–H and O–H groups in total. The fourth-order valence-corrected chi connectivity index (χ4v) is 2.66. The molecule has 0 bridgehead atoms. The Hall–Kier alpha value is -0.570. The van der Waals surface area contributed by atoms with Crippen molar-refractivity contribution in [2.75, 3.05) is 26.7 Å². The fourth-order valence-electron chi connectivity index (χ4n) is 2.54. The summed E-state index contributed by atoms with van der Waals surface area (Å²) in [4.78, 5) is 2.52. The van der Waals surface area contributed by atoms with Crippen LogP contribution in [0.2, 0.25) is 5.02 Å². The van der Waals surface area contributed by atoms with Crippen molar-refractivity contribution >= 4 is 11.6 Å². The van der Waals surface area contributed by atoms with E-state index >= 15 is 0 Å². The number of halogens is 1. The number of hydrogen-bond donors (Lipinski definition) is 0. The van der Waals surface area contributed by atoms with Gasteiger partial charge in [0.15, 0.2) is 0 Å². The van der Waals surface area contributed by atoms with E-state index in [1.807, 2.05) is 19.2 Å². The van der Waals surface area contributed by atoms with Crippen LogP contribution < -0.4 is 0 Å². The van der Waals surface area contributed by atoms with Gasteiger partial charge in [-0.2, -0.15) is 0 Å². The maximum atomic E-state index is 5.90. The molecule has 100 valence electrons. The van der Waals surface area contributed by atoms with E-state index in [0.717, 1.165) is 18.0 Å². The Kier molecular flexibility index (Phi) is 5.48. The number of hydrogen-bond acceptors (Lipinski definition) is 2. The molecule has 1 fully saturated rings. The lowest BCUT2D eigenvalue weighted by molar-refractivity contribution is 0.0578. The van der Waals surface area contributed by atoms with Crippen LogP contribution in [0.25, 0.3) is 0 Å². The molecule has 1 saturated heterocycles. The van der Waals surface area contributed by atoms with Crippen LogP contribution in [-0.2, 0) is 11.2 Å². The largest absolute Gasteiger partial charge is 0.380 e. The van der Waals surface area contributed by atoms with Crippen molar-refractivity contribution in [1.29, 1.82) is 0 Å². The van der Waals surface area contributed by atoms with Crippen LogP contribution in [0, 0.1) is 0 Å². The maximum absolute atomic E-state index is 5.90. The summed E-state index contributed by atoms with van der Waals surface area (Å²) < 4.78 is 5.61. The van der Waals surface area contributed by atoms with E-state index in [1.54, 1.807) is 0 Å². The highest BCUT2D eigenvalue weighted by Gasteiger charge is 2.16. The molecule has 0 aliphatic carbocycles. The Morgan fingerprint density at radius 2 is 1.83 bits per heavy atom. The van der Waals surface area contributed by atoms with Gasteiger partial charge < -0.3 is 9.64 Å². The number of likely N-dealkylation sites (tertiary alicyclic amines) is 1. The summed E-state index contributed by atoms with van der Waals surface area (Å²) in [6, 6.07) is 8.07. The van der Waals surface area contributed by atoms with Gasteiger partial charge in [-0.15, -0.1) is 0 Å². The molecule has 2 nitrogen and oxygen atoms in total. The Morgan fingerprint density at radius 1 is 1.17 bits per heavy atom. The molecule has 1 aromatic carbocycles. The van der Waals surface area contributed by atoms with E-state index in [4.69, 9.17) is 16.3 Å². The van der Waals surface area contributed by atoms with Crippen molar-refractivity contribution in [3.8, 4) is 0 Å². The summed E-state index contributed by atoms with van der Waals surface area (Å²) in [5.74, 6) is 0. The average molecular weight is 268 g/mol. The fraction of sp³-hybridized carbons (Fsp3) is 0.600. The van der Waals surface area contributed by atoms with Crippen molar-refractivity contribution in [1.82, 2.24) is 4.90 Å². The minimum absolute atomic E-state index is 0.282. The number of nitrogens with zero attached hydrogens (tertiary/aromatic N) is 1. The molecule has 0 aromatic heterocycles. The van der Waals surface area contributed by atoms with E-state index in [9.17, 15) is 0 Å². The number of ether oxygens (including phenoxy) is 1. The molecule has 0 amide bonds. The second-order valence-corrected chi connectivity index (χ2v) is 5.49. The zero-order valence-electron chi connectivity index (χ0n) is 11.1. The smallest absolute Gasteiger partial charge is 0.0738 e. The van der Waals surface area contributed by atoms with Gasteiger partial charge >= 0.3 is 0 Å². The van der Waals surface area contributed by atoms with Gasteiger partial charge in [-0.05, 0) is 50.0 Å². The highest BCUT2D eigenvalue weighted by molar-refractivity contribution is 6.30. The minimum Gasteiger partial charge on any atom is -0.380 e. The van der Waals surface area contributed by atoms with Crippen molar-refractivity contribution in [3.05, 3.63) is 34.9 Å². The van der Waals surface area contributed by atoms with Crippen LogP contribution in [0.1, 0.15) is 24.8 Å².